The Balaban J connectivity index is 1.79. The monoisotopic (exact) mass is 530 g/mol. The molecule has 21 heteroatoms. The number of nitrogen functional groups attached to an aromatic ring is 1. The summed E-state index contributed by atoms with van der Waals surface area (Å²) in [5.41, 5.74) is 4.39. The summed E-state index contributed by atoms with van der Waals surface area (Å²) in [4.78, 5) is 43.7. The number of aromatic nitrogens is 4. The number of hydrogen-bond acceptors (Lipinski definition) is 13. The maximum atomic E-state index is 11.9. The molecule has 6 atom stereocenters. The predicted octanol–water partition coefficient (Wildman–Crippen LogP) is -0.620. The molecule has 0 bridgehead atoms. The summed E-state index contributed by atoms with van der Waals surface area (Å²) in [6.07, 6.45) is -1.87. The second-order valence-corrected chi connectivity index (χ2v) is 11.3. The van der Waals surface area contributed by atoms with Crippen LogP contribution in [0.5, 0.6) is 0 Å². The fourth-order valence-corrected chi connectivity index (χ4v) is 6.10. The highest BCUT2D eigenvalue weighted by Crippen LogP contribution is 2.66. The topological polar surface area (TPSA) is 282 Å². The van der Waals surface area contributed by atoms with Crippen molar-refractivity contribution in [3.8, 4) is 6.07 Å². The number of aliphatic hydroxyl groups excluding tert-OH is 1. The number of nitrogens with zero attached hydrogens (tertiary/aromatic N) is 5. The molecule has 33 heavy (non-hydrogen) atoms. The minimum absolute atomic E-state index is 0.0256. The van der Waals surface area contributed by atoms with Crippen molar-refractivity contribution in [1.29, 1.82) is 5.26 Å². The summed E-state index contributed by atoms with van der Waals surface area (Å²) >= 11 is 0. The van der Waals surface area contributed by atoms with Crippen LogP contribution in [0.2, 0.25) is 0 Å². The molecule has 2 aromatic rings. The van der Waals surface area contributed by atoms with E-state index in [1.54, 1.807) is 0 Å². The fraction of sp³-hybridized carbons (Fsp3) is 0.500. The summed E-state index contributed by atoms with van der Waals surface area (Å²) in [5.74, 6) is 0.0256. The number of ether oxygens (including phenoxy) is 1. The smallest absolute Gasteiger partial charge is 0.389 e. The van der Waals surface area contributed by atoms with Crippen LogP contribution in [0, 0.1) is 16.7 Å². The van der Waals surface area contributed by atoms with Crippen LogP contribution in [0.4, 0.5) is 5.82 Å². The van der Waals surface area contributed by atoms with E-state index in [0.29, 0.717) is 0 Å². The Kier molecular flexibility index (Phi) is 6.84. The van der Waals surface area contributed by atoms with Gasteiger partial charge >= 0.3 is 23.5 Å². The molecular weight excluding hydrogens is 513 g/mol. The lowest BCUT2D eigenvalue weighted by molar-refractivity contribution is -0.0236. The molecule has 0 aliphatic carbocycles. The van der Waals surface area contributed by atoms with Crippen molar-refractivity contribution >= 4 is 34.9 Å². The molecular formula is C12H17N6O12P3. The highest BCUT2D eigenvalue weighted by atomic mass is 31.3. The second-order valence-electron chi connectivity index (χ2n) is 6.84. The van der Waals surface area contributed by atoms with Gasteiger partial charge in [0.2, 0.25) is 0 Å². The Hall–Kier alpha value is -1.83. The summed E-state index contributed by atoms with van der Waals surface area (Å²) in [6.45, 7) is 0.379. The van der Waals surface area contributed by atoms with Crippen molar-refractivity contribution < 1.29 is 56.3 Å². The van der Waals surface area contributed by atoms with Crippen molar-refractivity contribution in [3.05, 3.63) is 18.2 Å². The molecule has 182 valence electrons. The van der Waals surface area contributed by atoms with Crippen LogP contribution < -0.4 is 5.73 Å². The Bertz CT molecular complexity index is 1240. The first-order chi connectivity index (χ1) is 15.1. The van der Waals surface area contributed by atoms with Gasteiger partial charge in [0, 0.05) is 0 Å². The number of imidazole rings is 1. The first kappa shape index (κ1) is 25.8. The van der Waals surface area contributed by atoms with Crippen LogP contribution in [0.1, 0.15) is 18.7 Å². The molecule has 0 aromatic carbocycles. The van der Waals surface area contributed by atoms with E-state index in [-0.39, 0.29) is 17.2 Å². The number of nitrogens with two attached hydrogens (primary N) is 1. The zero-order chi connectivity index (χ0) is 24.8. The normalized spacial score (nSPS) is 29.4. The van der Waals surface area contributed by atoms with Crippen molar-refractivity contribution in [2.75, 3.05) is 12.3 Å². The van der Waals surface area contributed by atoms with E-state index in [2.05, 4.69) is 28.2 Å². The number of nitriles is 1. The van der Waals surface area contributed by atoms with Gasteiger partial charge in [-0.3, -0.25) is 4.52 Å². The lowest BCUT2D eigenvalue weighted by Gasteiger charge is -2.24. The van der Waals surface area contributed by atoms with Gasteiger partial charge in [0.15, 0.2) is 11.5 Å². The molecule has 0 saturated carbocycles. The number of phosphoric acid groups is 3. The van der Waals surface area contributed by atoms with Gasteiger partial charge in [-0.2, -0.15) is 19.0 Å². The maximum Gasteiger partial charge on any atom is 0.490 e. The van der Waals surface area contributed by atoms with Crippen molar-refractivity contribution in [2.45, 2.75) is 25.2 Å². The van der Waals surface area contributed by atoms with Crippen LogP contribution in [-0.4, -0.2) is 63.1 Å². The van der Waals surface area contributed by atoms with Gasteiger partial charge < -0.3 is 35.2 Å². The van der Waals surface area contributed by atoms with Crippen LogP contribution in [0.15, 0.2) is 12.5 Å². The number of phosphoric ester groups is 1. The highest BCUT2D eigenvalue weighted by molar-refractivity contribution is 7.66. The van der Waals surface area contributed by atoms with Crippen LogP contribution in [0.3, 0.4) is 0 Å². The standard InChI is InChI=1S/C12H17N6O12P3/c1-12(4-13)8(19)7(3-27-32(23,24)30-33(25,26)29-31(20,21)22)28-9(12)6-2-15-11-10(14)16-5-17-18(6)11/h2,5,7-9,19H,3H2,1H3,(H,23,24)(H,25,26)(H2,14,16,17)(H2,20,21,22)/t7-,8-,9+,12-/m1/s1. The quantitative estimate of drug-likeness (QED) is 0.232. The van der Waals surface area contributed by atoms with Crippen molar-refractivity contribution in [3.63, 3.8) is 0 Å². The summed E-state index contributed by atoms with van der Waals surface area (Å²) in [7, 11) is -16.7. The molecule has 2 unspecified atom stereocenters. The molecule has 7 N–H and O–H groups in total. The molecule has 2 aromatic heterocycles. The number of rotatable bonds is 8. The van der Waals surface area contributed by atoms with Gasteiger partial charge in [0.05, 0.1) is 24.6 Å². The first-order valence-corrected chi connectivity index (χ1v) is 13.1. The number of fused-ring (bicyclic) bond motifs is 1. The third kappa shape index (κ3) is 5.47. The van der Waals surface area contributed by atoms with Crippen molar-refractivity contribution in [2.24, 2.45) is 5.41 Å². The van der Waals surface area contributed by atoms with Crippen LogP contribution in [-0.2, 0) is 31.6 Å². The van der Waals surface area contributed by atoms with E-state index < -0.39 is 53.8 Å². The van der Waals surface area contributed by atoms with E-state index in [9.17, 15) is 33.9 Å². The number of aliphatic hydroxyl groups is 1. The average molecular weight is 530 g/mol. The molecule has 1 aliphatic rings. The molecule has 1 aliphatic heterocycles. The lowest BCUT2D eigenvalue weighted by Crippen LogP contribution is -2.36. The van der Waals surface area contributed by atoms with E-state index in [1.165, 1.54) is 17.6 Å². The molecule has 1 saturated heterocycles. The van der Waals surface area contributed by atoms with Gasteiger partial charge in [-0.1, -0.05) is 0 Å². The van der Waals surface area contributed by atoms with Gasteiger partial charge in [0.25, 0.3) is 0 Å². The highest BCUT2D eigenvalue weighted by Gasteiger charge is 2.56. The first-order valence-electron chi connectivity index (χ1n) is 8.56. The molecule has 0 amide bonds. The van der Waals surface area contributed by atoms with Gasteiger partial charge in [-0.15, -0.1) is 0 Å². The van der Waals surface area contributed by atoms with E-state index in [0.717, 1.165) is 6.33 Å². The van der Waals surface area contributed by atoms with E-state index in [4.69, 9.17) is 20.3 Å². The SMILES string of the molecule is C[C@@]1(C#N)[C@H](O)[C@@H](COP(=O)(O)OP(=O)(O)OP(=O)(O)O)O[C@H]1c1cnc2c(N)ncnn12. The fourth-order valence-electron chi connectivity index (χ4n) is 3.07. The Morgan fingerprint density at radius 1 is 1.24 bits per heavy atom. The molecule has 3 rings (SSSR count). The third-order valence-corrected chi connectivity index (χ3v) is 8.31. The van der Waals surface area contributed by atoms with Crippen molar-refractivity contribution in [1.82, 2.24) is 19.6 Å². The largest absolute Gasteiger partial charge is 0.490 e. The van der Waals surface area contributed by atoms with E-state index >= 15 is 0 Å². The Morgan fingerprint density at radius 3 is 2.52 bits per heavy atom. The molecule has 18 nitrogen and oxygen atoms in total. The van der Waals surface area contributed by atoms with Gasteiger partial charge in [-0.25, -0.2) is 28.2 Å². The Labute approximate surface area is 184 Å². The van der Waals surface area contributed by atoms with Gasteiger partial charge in [0.1, 0.15) is 30.1 Å². The summed E-state index contributed by atoms with van der Waals surface area (Å²) < 4.78 is 52.6. The second kappa shape index (κ2) is 8.75. The minimum Gasteiger partial charge on any atom is -0.389 e. The third-order valence-electron chi connectivity index (χ3n) is 4.51. The number of anilines is 1. The minimum atomic E-state index is -5.72. The predicted molar refractivity (Wildman–Crippen MR) is 102 cm³/mol. The van der Waals surface area contributed by atoms with Crippen LogP contribution in [0.25, 0.3) is 5.65 Å². The maximum absolute atomic E-state index is 11.9. The number of hydrogen-bond donors (Lipinski definition) is 6. The zero-order valence-electron chi connectivity index (χ0n) is 16.3. The molecule has 3 heterocycles. The lowest BCUT2D eigenvalue weighted by atomic mass is 9.80. The average Bonchev–Trinajstić information content (AvgIpc) is 3.18. The molecule has 1 fully saturated rings. The summed E-state index contributed by atoms with van der Waals surface area (Å²) in [5, 5.41) is 24.3. The van der Waals surface area contributed by atoms with E-state index in [1.807, 2.05) is 6.07 Å². The Morgan fingerprint density at radius 2 is 1.91 bits per heavy atom. The summed E-state index contributed by atoms with van der Waals surface area (Å²) in [6, 6.07) is 1.90. The zero-order valence-corrected chi connectivity index (χ0v) is 19.0. The van der Waals surface area contributed by atoms with Gasteiger partial charge in [-0.05, 0) is 6.92 Å². The van der Waals surface area contributed by atoms with Crippen LogP contribution >= 0.6 is 23.5 Å². The molecule has 0 radical (unpaired) electrons. The molecule has 0 spiro atoms.